The van der Waals surface area contributed by atoms with E-state index in [0.717, 1.165) is 45.0 Å². The lowest BCUT2D eigenvalue weighted by Gasteiger charge is -2.40. The molecule has 0 aliphatic carbocycles. The highest BCUT2D eigenvalue weighted by Gasteiger charge is 2.35. The summed E-state index contributed by atoms with van der Waals surface area (Å²) in [6.45, 7) is 5.95. The first-order valence-electron chi connectivity index (χ1n) is 7.02. The van der Waals surface area contributed by atoms with Crippen molar-refractivity contribution >= 4 is 11.6 Å². The van der Waals surface area contributed by atoms with Crippen LogP contribution in [0.2, 0.25) is 0 Å². The lowest BCUT2D eigenvalue weighted by molar-refractivity contribution is -0.126. The largest absolute Gasteiger partial charge is 0.379 e. The molecule has 2 aliphatic rings. The first-order valence-corrected chi connectivity index (χ1v) is 7.02. The third-order valence-corrected chi connectivity index (χ3v) is 4.05. The Balaban J connectivity index is 1.90. The zero-order valence-electron chi connectivity index (χ0n) is 11.3. The summed E-state index contributed by atoms with van der Waals surface area (Å²) >= 11 is 0. The second-order valence-corrected chi connectivity index (χ2v) is 5.08. The number of carbonyl (C=O) groups excluding carboxylic acids is 1. The number of likely N-dealkylation sites (N-methyl/N-ethyl adjacent to an activating group) is 1. The summed E-state index contributed by atoms with van der Waals surface area (Å²) in [6.07, 6.45) is 0.825. The van der Waals surface area contributed by atoms with Crippen LogP contribution in [0.1, 0.15) is 12.5 Å². The monoisotopic (exact) mass is 260 g/mol. The number of benzene rings is 1. The molecule has 0 spiro atoms. The number of rotatable bonds is 2. The number of fused-ring (bicyclic) bond motifs is 1. The predicted molar refractivity (Wildman–Crippen MR) is 74.4 cm³/mol. The number of ether oxygens (including phenoxy) is 1. The molecule has 1 aromatic carbocycles. The number of amides is 1. The summed E-state index contributed by atoms with van der Waals surface area (Å²) in [7, 11) is 0. The van der Waals surface area contributed by atoms with Crippen molar-refractivity contribution in [1.82, 2.24) is 4.90 Å². The molecule has 2 aliphatic heterocycles. The van der Waals surface area contributed by atoms with E-state index >= 15 is 0 Å². The fraction of sp³-hybridized carbons (Fsp3) is 0.533. The van der Waals surface area contributed by atoms with Gasteiger partial charge in [-0.3, -0.25) is 9.69 Å². The van der Waals surface area contributed by atoms with Gasteiger partial charge in [-0.15, -0.1) is 0 Å². The van der Waals surface area contributed by atoms with E-state index in [9.17, 15) is 4.79 Å². The van der Waals surface area contributed by atoms with E-state index in [1.807, 2.05) is 24.0 Å². The molecular weight excluding hydrogens is 240 g/mol. The second-order valence-electron chi connectivity index (χ2n) is 5.08. The minimum absolute atomic E-state index is 0.0150. The van der Waals surface area contributed by atoms with Crippen LogP contribution < -0.4 is 4.90 Å². The van der Waals surface area contributed by atoms with Crippen molar-refractivity contribution in [2.45, 2.75) is 19.4 Å². The standard InChI is InChI=1S/C15H20N2O2/c1-2-17-13-6-4-3-5-12(13)11-14(15(17)18)16-7-9-19-10-8-16/h3-6,14H,2,7-11H2,1H3. The Morgan fingerprint density at radius 3 is 2.74 bits per heavy atom. The highest BCUT2D eigenvalue weighted by atomic mass is 16.5. The number of hydrogen-bond donors (Lipinski definition) is 0. The van der Waals surface area contributed by atoms with Crippen molar-refractivity contribution in [2.24, 2.45) is 0 Å². The number of nitrogens with zero attached hydrogens (tertiary/aromatic N) is 2. The van der Waals surface area contributed by atoms with Crippen molar-refractivity contribution < 1.29 is 9.53 Å². The summed E-state index contributed by atoms with van der Waals surface area (Å²) in [6, 6.07) is 8.23. The van der Waals surface area contributed by atoms with Crippen molar-refractivity contribution in [2.75, 3.05) is 37.7 Å². The third-order valence-electron chi connectivity index (χ3n) is 4.05. The summed E-state index contributed by atoms with van der Waals surface area (Å²) < 4.78 is 5.38. The molecule has 0 N–H and O–H groups in total. The van der Waals surface area contributed by atoms with Gasteiger partial charge in [-0.1, -0.05) is 18.2 Å². The predicted octanol–water partition coefficient (Wildman–Crippen LogP) is 1.30. The van der Waals surface area contributed by atoms with E-state index in [4.69, 9.17) is 4.74 Å². The van der Waals surface area contributed by atoms with Crippen LogP contribution in [0, 0.1) is 0 Å². The molecule has 2 heterocycles. The van der Waals surface area contributed by atoms with E-state index in [1.165, 1.54) is 5.56 Å². The van der Waals surface area contributed by atoms with Gasteiger partial charge in [0.15, 0.2) is 0 Å². The van der Waals surface area contributed by atoms with Gasteiger partial charge in [0.25, 0.3) is 0 Å². The zero-order chi connectivity index (χ0) is 13.2. The maximum atomic E-state index is 12.7. The summed E-state index contributed by atoms with van der Waals surface area (Å²) in [5, 5.41) is 0. The average Bonchev–Trinajstić information content (AvgIpc) is 2.47. The van der Waals surface area contributed by atoms with Crippen LogP contribution in [-0.4, -0.2) is 49.7 Å². The van der Waals surface area contributed by atoms with Gasteiger partial charge >= 0.3 is 0 Å². The number of anilines is 1. The van der Waals surface area contributed by atoms with E-state index in [1.54, 1.807) is 0 Å². The first kappa shape index (κ1) is 12.6. The van der Waals surface area contributed by atoms with Gasteiger partial charge in [0.2, 0.25) is 5.91 Å². The zero-order valence-corrected chi connectivity index (χ0v) is 11.3. The van der Waals surface area contributed by atoms with Crippen LogP contribution in [0.3, 0.4) is 0 Å². The van der Waals surface area contributed by atoms with Crippen molar-refractivity contribution in [3.63, 3.8) is 0 Å². The Morgan fingerprint density at radius 1 is 1.26 bits per heavy atom. The molecule has 1 saturated heterocycles. The van der Waals surface area contributed by atoms with Crippen molar-refractivity contribution in [1.29, 1.82) is 0 Å². The summed E-state index contributed by atoms with van der Waals surface area (Å²) in [5.74, 6) is 0.239. The third kappa shape index (κ3) is 2.26. The number of hydrogen-bond acceptors (Lipinski definition) is 3. The van der Waals surface area contributed by atoms with Crippen LogP contribution in [0.25, 0.3) is 0 Å². The molecule has 4 heteroatoms. The molecule has 4 nitrogen and oxygen atoms in total. The average molecular weight is 260 g/mol. The number of carbonyl (C=O) groups is 1. The molecule has 102 valence electrons. The van der Waals surface area contributed by atoms with Crippen molar-refractivity contribution in [3.05, 3.63) is 29.8 Å². The highest BCUT2D eigenvalue weighted by Crippen LogP contribution is 2.29. The molecule has 1 unspecified atom stereocenters. The molecule has 1 fully saturated rings. The van der Waals surface area contributed by atoms with E-state index < -0.39 is 0 Å². The Morgan fingerprint density at radius 2 is 2.00 bits per heavy atom. The highest BCUT2D eigenvalue weighted by molar-refractivity contribution is 6.00. The number of morpholine rings is 1. The summed E-state index contributed by atoms with van der Waals surface area (Å²) in [4.78, 5) is 16.8. The van der Waals surface area contributed by atoms with E-state index in [2.05, 4.69) is 17.0 Å². The molecule has 0 aromatic heterocycles. The second kappa shape index (κ2) is 5.31. The quantitative estimate of drug-likeness (QED) is 0.803. The number of para-hydroxylation sites is 1. The van der Waals surface area contributed by atoms with Crippen LogP contribution in [0.4, 0.5) is 5.69 Å². The fourth-order valence-electron chi connectivity index (χ4n) is 3.04. The molecule has 0 bridgehead atoms. The van der Waals surface area contributed by atoms with Gasteiger partial charge in [-0.25, -0.2) is 0 Å². The van der Waals surface area contributed by atoms with E-state index in [-0.39, 0.29) is 11.9 Å². The maximum Gasteiger partial charge on any atom is 0.244 e. The molecule has 0 radical (unpaired) electrons. The van der Waals surface area contributed by atoms with Crippen LogP contribution >= 0.6 is 0 Å². The molecule has 19 heavy (non-hydrogen) atoms. The maximum absolute atomic E-state index is 12.7. The molecule has 3 rings (SSSR count). The Labute approximate surface area is 113 Å². The van der Waals surface area contributed by atoms with Gasteiger partial charge in [-0.05, 0) is 25.0 Å². The van der Waals surface area contributed by atoms with Gasteiger partial charge < -0.3 is 9.64 Å². The van der Waals surface area contributed by atoms with Crippen LogP contribution in [0.15, 0.2) is 24.3 Å². The van der Waals surface area contributed by atoms with Crippen molar-refractivity contribution in [3.8, 4) is 0 Å². The van der Waals surface area contributed by atoms with Gasteiger partial charge in [0.05, 0.1) is 19.3 Å². The molecule has 1 aromatic rings. The Bertz CT molecular complexity index is 469. The minimum Gasteiger partial charge on any atom is -0.379 e. The van der Waals surface area contributed by atoms with Gasteiger partial charge in [0.1, 0.15) is 0 Å². The normalized spacial score (nSPS) is 24.4. The van der Waals surface area contributed by atoms with Gasteiger partial charge in [0, 0.05) is 25.3 Å². The Kier molecular flexibility index (Phi) is 3.53. The molecule has 1 amide bonds. The van der Waals surface area contributed by atoms with E-state index in [0.29, 0.717) is 0 Å². The molecule has 1 atom stereocenters. The summed E-state index contributed by atoms with van der Waals surface area (Å²) in [5.41, 5.74) is 2.36. The van der Waals surface area contributed by atoms with Gasteiger partial charge in [-0.2, -0.15) is 0 Å². The van der Waals surface area contributed by atoms with Crippen LogP contribution in [0.5, 0.6) is 0 Å². The topological polar surface area (TPSA) is 32.8 Å². The smallest absolute Gasteiger partial charge is 0.244 e. The molecule has 0 saturated carbocycles. The SMILES string of the molecule is CCN1C(=O)C(N2CCOCC2)Cc2ccccc21. The van der Waals surface area contributed by atoms with Crippen LogP contribution in [-0.2, 0) is 16.0 Å². The lowest BCUT2D eigenvalue weighted by Crippen LogP contribution is -2.55. The molecular formula is C15H20N2O2. The Hall–Kier alpha value is -1.39. The fourth-order valence-corrected chi connectivity index (χ4v) is 3.04. The first-order chi connectivity index (χ1) is 9.31. The minimum atomic E-state index is -0.0150. The lowest BCUT2D eigenvalue weighted by atomic mass is 9.95.